The van der Waals surface area contributed by atoms with Crippen LogP contribution >= 0.6 is 0 Å². The molecule has 8 bridgehead atoms. The number of Topliss-reactive ketones (excluding diaryl/α,β-unsaturated/α-hetero) is 1. The van der Waals surface area contributed by atoms with Gasteiger partial charge in [0.1, 0.15) is 12.5 Å². The van der Waals surface area contributed by atoms with E-state index in [2.05, 4.69) is 87.0 Å². The van der Waals surface area contributed by atoms with Gasteiger partial charge in [-0.1, -0.05) is 32.8 Å². The highest BCUT2D eigenvalue weighted by molar-refractivity contribution is 6.24. The van der Waals surface area contributed by atoms with Gasteiger partial charge in [0, 0.05) is 68.6 Å². The lowest BCUT2D eigenvalue weighted by Crippen LogP contribution is -2.25. The van der Waals surface area contributed by atoms with Gasteiger partial charge in [0.15, 0.2) is 5.78 Å². The second kappa shape index (κ2) is 14.4. The Hall–Kier alpha value is -4.79. The minimum Gasteiger partial charge on any atom is -0.468 e. The number of aryl methyl sites for hydroxylation is 1. The van der Waals surface area contributed by atoms with Crippen molar-refractivity contribution in [3.8, 4) is 0 Å². The van der Waals surface area contributed by atoms with E-state index >= 15 is 0 Å². The number of methoxy groups -OCH3 is 1. The molecule has 2 aliphatic heterocycles. The fourth-order valence-electron chi connectivity index (χ4n) is 7.80. The molecule has 1 saturated heterocycles. The summed E-state index contributed by atoms with van der Waals surface area (Å²) >= 11 is 0. The van der Waals surface area contributed by atoms with Crippen molar-refractivity contribution in [2.75, 3.05) is 13.7 Å². The molecule has 0 saturated carbocycles. The van der Waals surface area contributed by atoms with Crippen LogP contribution < -0.4 is 16.0 Å². The molecule has 6 rings (SSSR count). The van der Waals surface area contributed by atoms with Crippen molar-refractivity contribution >= 4 is 41.5 Å². The highest BCUT2D eigenvalue weighted by Crippen LogP contribution is 2.48. The zero-order chi connectivity index (χ0) is 36.7. The summed E-state index contributed by atoms with van der Waals surface area (Å²) in [6.45, 7) is 17.1. The summed E-state index contributed by atoms with van der Waals surface area (Å²) in [6, 6.07) is 2.11. The maximum atomic E-state index is 14.2. The maximum absolute atomic E-state index is 14.2. The predicted octanol–water partition coefficient (Wildman–Crippen LogP) is 6.56. The number of aromatic amines is 3. The number of nitrogens with one attached hydrogen (secondary N) is 4. The smallest absolute Gasteiger partial charge is 0.321 e. The summed E-state index contributed by atoms with van der Waals surface area (Å²) in [6.07, 6.45) is 12.2. The van der Waals surface area contributed by atoms with Gasteiger partial charge in [0.05, 0.1) is 12.8 Å². The number of allylic oxidation sites excluding steroid dienone is 3. The van der Waals surface area contributed by atoms with Crippen molar-refractivity contribution in [2.24, 2.45) is 23.7 Å². The Morgan fingerprint density at radius 3 is 2.35 bits per heavy atom. The number of rotatable bonds is 10. The Morgan fingerprint density at radius 1 is 0.941 bits per heavy atom. The Labute approximate surface area is 300 Å². The van der Waals surface area contributed by atoms with E-state index in [1.807, 2.05) is 19.1 Å². The van der Waals surface area contributed by atoms with Crippen LogP contribution in [-0.4, -0.2) is 46.4 Å². The summed E-state index contributed by atoms with van der Waals surface area (Å²) in [5.41, 5.74) is 11.5. The fraction of sp³-hybridized carbons (Fsp3) is 0.452. The van der Waals surface area contributed by atoms with Crippen LogP contribution in [0.3, 0.4) is 0 Å². The highest BCUT2D eigenvalue weighted by Gasteiger charge is 2.48. The number of carbonyl (C=O) groups is 3. The zero-order valence-electron chi connectivity index (χ0n) is 31.5. The Kier molecular flexibility index (Phi) is 10.2. The molecule has 51 heavy (non-hydrogen) atoms. The number of carbonyl (C=O) groups excluding carboxylic acids is 3. The highest BCUT2D eigenvalue weighted by atomic mass is 16.5. The first-order valence-electron chi connectivity index (χ1n) is 18.3. The minimum atomic E-state index is -1.12. The van der Waals surface area contributed by atoms with Crippen molar-refractivity contribution in [1.82, 2.24) is 20.3 Å². The number of hydrogen-bond acceptors (Lipinski definition) is 6. The number of fused-ring (bicyclic) bond motifs is 7. The second-order valence-corrected chi connectivity index (χ2v) is 15.1. The van der Waals surface area contributed by atoms with Crippen molar-refractivity contribution in [2.45, 2.75) is 87.5 Å². The van der Waals surface area contributed by atoms with Gasteiger partial charge in [0.2, 0.25) is 0 Å². The van der Waals surface area contributed by atoms with Crippen LogP contribution in [0, 0.1) is 51.4 Å². The molecule has 0 aromatic carbocycles. The van der Waals surface area contributed by atoms with E-state index in [0.29, 0.717) is 29.2 Å². The summed E-state index contributed by atoms with van der Waals surface area (Å²) < 4.78 is 10.9. The molecule has 3 aromatic heterocycles. The molecular weight excluding hydrogens is 640 g/mol. The largest absolute Gasteiger partial charge is 0.468 e. The molecular formula is C42H52N4O5. The van der Waals surface area contributed by atoms with Gasteiger partial charge in [-0.15, -0.1) is 0 Å². The number of H-pyrrole nitrogens is 3. The summed E-state index contributed by atoms with van der Waals surface area (Å²) in [4.78, 5) is 51.4. The van der Waals surface area contributed by atoms with E-state index in [4.69, 9.17) is 9.47 Å². The van der Waals surface area contributed by atoms with Gasteiger partial charge < -0.3 is 29.7 Å². The van der Waals surface area contributed by atoms with Gasteiger partial charge in [-0.3, -0.25) is 14.4 Å². The molecule has 5 heterocycles. The molecule has 3 atom stereocenters. The lowest BCUT2D eigenvalue weighted by Gasteiger charge is -2.19. The third kappa shape index (κ3) is 6.95. The van der Waals surface area contributed by atoms with Crippen LogP contribution in [-0.2, 0) is 19.1 Å². The molecule has 9 nitrogen and oxygen atoms in total. The predicted molar refractivity (Wildman–Crippen MR) is 201 cm³/mol. The van der Waals surface area contributed by atoms with Gasteiger partial charge in [-0.05, 0) is 112 Å². The van der Waals surface area contributed by atoms with Gasteiger partial charge >= 0.3 is 11.9 Å². The van der Waals surface area contributed by atoms with Crippen molar-refractivity contribution < 1.29 is 23.9 Å². The van der Waals surface area contributed by atoms with Crippen LogP contribution in [0.25, 0.3) is 23.8 Å². The van der Waals surface area contributed by atoms with Crippen LogP contribution in [0.5, 0.6) is 0 Å². The average molecular weight is 693 g/mol. The third-order valence-corrected chi connectivity index (χ3v) is 11.1. The van der Waals surface area contributed by atoms with Crippen LogP contribution in [0.15, 0.2) is 29.1 Å². The summed E-state index contributed by atoms with van der Waals surface area (Å²) in [5.74, 6) is -1.86. The molecule has 0 spiro atoms. The number of hydrogen-bond donors (Lipinski definition) is 4. The number of esters is 2. The molecule has 1 fully saturated rings. The SMILES string of the molecule is COC(=O)[C@H]1C(=O)c2c3[nH]c(c2C)/C=c2\[nH]/c(cc2C)=C\c2[nH]c(c(C)c2C)/C=C2\N/C(=C\31)[C@@H](CCC(=O)OC/C=C(/C)CCCC(C)C)[C@@H]2C. The molecule has 0 radical (unpaired) electrons. The molecule has 3 aliphatic rings. The molecule has 3 aromatic rings. The summed E-state index contributed by atoms with van der Waals surface area (Å²) in [5, 5.41) is 5.56. The molecule has 9 heteroatoms. The molecule has 4 N–H and O–H groups in total. The Bertz CT molecular complexity index is 2110. The van der Waals surface area contributed by atoms with Crippen LogP contribution in [0.4, 0.5) is 0 Å². The van der Waals surface area contributed by atoms with E-state index in [1.165, 1.54) is 19.1 Å². The van der Waals surface area contributed by atoms with Crippen LogP contribution in [0.1, 0.15) is 115 Å². The first-order chi connectivity index (χ1) is 24.3. The van der Waals surface area contributed by atoms with E-state index in [1.54, 1.807) is 0 Å². The Balaban J connectivity index is 1.43. The molecule has 1 aliphatic carbocycles. The van der Waals surface area contributed by atoms with Crippen LogP contribution in [0.2, 0.25) is 0 Å². The van der Waals surface area contributed by atoms with Crippen molar-refractivity contribution in [3.63, 3.8) is 0 Å². The first kappa shape index (κ1) is 36.0. The standard InChI is InChI=1S/C42H52N4O5/c1-21(2)11-10-12-22(3)15-16-51-35(47)14-13-29-26(7)33-20-32-25(6)24(5)31(44-32)18-28-17-23(4)30(43-28)19-34-27(8)36-40(46-34)37(39(29)45-33)38(41(36)48)42(49)50-9/h15,17-21,26,29,38,43-46H,10-14,16H2,1-9H3/b22-15-,28-18-,30-19-,33-20-,39-37-/t26-,29-,38+/m0/s1. The number of ketones is 1. The second-order valence-electron chi connectivity index (χ2n) is 15.1. The van der Waals surface area contributed by atoms with E-state index < -0.39 is 11.9 Å². The topological polar surface area (TPSA) is 129 Å². The maximum Gasteiger partial charge on any atom is 0.321 e. The van der Waals surface area contributed by atoms with E-state index in [9.17, 15) is 14.4 Å². The van der Waals surface area contributed by atoms with Crippen molar-refractivity contribution in [3.05, 3.63) is 90.4 Å². The molecule has 0 amide bonds. The molecule has 270 valence electrons. The quantitative estimate of drug-likeness (QED) is 0.108. The van der Waals surface area contributed by atoms with E-state index in [-0.39, 0.29) is 36.6 Å². The minimum absolute atomic E-state index is 0.0535. The van der Waals surface area contributed by atoms with Gasteiger partial charge in [-0.25, -0.2) is 0 Å². The average Bonchev–Trinajstić information content (AvgIpc) is 3.83. The number of aromatic nitrogens is 3. The first-order valence-corrected chi connectivity index (χ1v) is 18.3. The lowest BCUT2D eigenvalue weighted by atomic mass is 9.85. The van der Waals surface area contributed by atoms with Crippen molar-refractivity contribution in [1.29, 1.82) is 0 Å². The monoisotopic (exact) mass is 692 g/mol. The summed E-state index contributed by atoms with van der Waals surface area (Å²) in [7, 11) is 1.32. The van der Waals surface area contributed by atoms with Gasteiger partial charge in [0.25, 0.3) is 0 Å². The normalized spacial score (nSPS) is 23.3. The fourth-order valence-corrected chi connectivity index (χ4v) is 7.80. The zero-order valence-corrected chi connectivity index (χ0v) is 31.5. The number of ether oxygens (including phenoxy) is 2. The third-order valence-electron chi connectivity index (χ3n) is 11.1. The van der Waals surface area contributed by atoms with Gasteiger partial charge in [-0.2, -0.15) is 0 Å². The lowest BCUT2D eigenvalue weighted by molar-refractivity contribution is -0.143. The molecule has 0 unspecified atom stereocenters. The van der Waals surface area contributed by atoms with E-state index in [0.717, 1.165) is 74.3 Å². The Morgan fingerprint density at radius 2 is 1.65 bits per heavy atom.